The molecular weight excluding hydrogens is 304 g/mol. The summed E-state index contributed by atoms with van der Waals surface area (Å²) in [6, 6.07) is 6.61. The Bertz CT molecular complexity index is 723. The number of pyridine rings is 2. The lowest BCUT2D eigenvalue weighted by molar-refractivity contribution is 0.0899. The number of anilines is 1. The van der Waals surface area contributed by atoms with E-state index in [4.69, 9.17) is 0 Å². The molecule has 2 aromatic rings. The van der Waals surface area contributed by atoms with E-state index < -0.39 is 5.91 Å². The zero-order valence-electron chi connectivity index (χ0n) is 14.3. The first kappa shape index (κ1) is 17.6. The molecule has 0 aliphatic heterocycles. The molecule has 6 heteroatoms. The van der Waals surface area contributed by atoms with E-state index in [-0.39, 0.29) is 28.6 Å². The van der Waals surface area contributed by atoms with Crippen LogP contribution in [0.1, 0.15) is 48.5 Å². The van der Waals surface area contributed by atoms with Crippen LogP contribution in [0.25, 0.3) is 0 Å². The van der Waals surface area contributed by atoms with Crippen LogP contribution in [0.15, 0.2) is 42.9 Å². The summed E-state index contributed by atoms with van der Waals surface area (Å²) in [5.74, 6) is -0.765. The molecule has 126 valence electrons. The summed E-state index contributed by atoms with van der Waals surface area (Å²) in [5, 5.41) is 5.62. The Morgan fingerprint density at radius 2 is 1.79 bits per heavy atom. The fraction of sp³-hybridized carbons (Fsp3) is 0.333. The highest BCUT2D eigenvalue weighted by molar-refractivity contribution is 6.10. The number of rotatable bonds is 4. The maximum atomic E-state index is 12.5. The second-order valence-corrected chi connectivity index (χ2v) is 6.66. The largest absolute Gasteiger partial charge is 0.349 e. The molecule has 0 aliphatic carbocycles. The topological polar surface area (TPSA) is 84.0 Å². The molecule has 0 spiro atoms. The minimum atomic E-state index is -0.447. The second-order valence-electron chi connectivity index (χ2n) is 6.66. The smallest absolute Gasteiger partial charge is 0.275 e. The van der Waals surface area contributed by atoms with Crippen molar-refractivity contribution in [3.05, 3.63) is 54.1 Å². The number of carbonyl (C=O) groups is 2. The fourth-order valence-electron chi connectivity index (χ4n) is 1.89. The van der Waals surface area contributed by atoms with Crippen molar-refractivity contribution < 1.29 is 9.59 Å². The van der Waals surface area contributed by atoms with Crippen molar-refractivity contribution in [1.29, 1.82) is 0 Å². The Balaban J connectivity index is 2.21. The van der Waals surface area contributed by atoms with Gasteiger partial charge in [0.1, 0.15) is 5.69 Å². The van der Waals surface area contributed by atoms with Gasteiger partial charge in [-0.05, 0) is 36.6 Å². The molecular formula is C18H22N4O2. The minimum Gasteiger partial charge on any atom is -0.349 e. The van der Waals surface area contributed by atoms with Gasteiger partial charge < -0.3 is 10.6 Å². The van der Waals surface area contributed by atoms with Gasteiger partial charge in [0.2, 0.25) is 0 Å². The summed E-state index contributed by atoms with van der Waals surface area (Å²) in [4.78, 5) is 33.0. The average Bonchev–Trinajstić information content (AvgIpc) is 2.54. The van der Waals surface area contributed by atoms with Gasteiger partial charge in [-0.25, -0.2) is 0 Å². The molecule has 1 atom stereocenters. The maximum Gasteiger partial charge on any atom is 0.275 e. The summed E-state index contributed by atoms with van der Waals surface area (Å²) in [6.07, 6.45) is 4.63. The van der Waals surface area contributed by atoms with Crippen molar-refractivity contribution in [1.82, 2.24) is 15.3 Å². The molecule has 1 unspecified atom stereocenters. The molecule has 6 nitrogen and oxygen atoms in total. The second kappa shape index (κ2) is 7.21. The molecule has 2 aromatic heterocycles. The lowest BCUT2D eigenvalue weighted by Crippen LogP contribution is -2.42. The van der Waals surface area contributed by atoms with Crippen molar-refractivity contribution in [2.45, 2.75) is 33.7 Å². The van der Waals surface area contributed by atoms with E-state index in [1.165, 1.54) is 12.4 Å². The van der Waals surface area contributed by atoms with E-state index in [9.17, 15) is 9.59 Å². The number of nitrogens with one attached hydrogen (secondary N) is 2. The van der Waals surface area contributed by atoms with E-state index in [1.54, 1.807) is 30.5 Å². The zero-order chi connectivity index (χ0) is 17.7. The Kier molecular flexibility index (Phi) is 5.28. The number of carbonyl (C=O) groups excluding carboxylic acids is 2. The Hall–Kier alpha value is -2.76. The molecule has 0 aromatic carbocycles. The van der Waals surface area contributed by atoms with Crippen molar-refractivity contribution in [3.63, 3.8) is 0 Å². The quantitative estimate of drug-likeness (QED) is 0.905. The van der Waals surface area contributed by atoms with Gasteiger partial charge in [0.05, 0.1) is 17.4 Å². The summed E-state index contributed by atoms with van der Waals surface area (Å²) in [7, 11) is 0. The van der Waals surface area contributed by atoms with Crippen molar-refractivity contribution >= 4 is 17.5 Å². The van der Waals surface area contributed by atoms with E-state index in [0.29, 0.717) is 5.69 Å². The summed E-state index contributed by atoms with van der Waals surface area (Å²) in [5.41, 5.74) is 0.785. The van der Waals surface area contributed by atoms with Gasteiger partial charge in [0, 0.05) is 18.4 Å². The van der Waals surface area contributed by atoms with E-state index in [1.807, 2.05) is 27.7 Å². The third-order valence-corrected chi connectivity index (χ3v) is 3.83. The molecule has 0 fully saturated rings. The van der Waals surface area contributed by atoms with E-state index >= 15 is 0 Å². The van der Waals surface area contributed by atoms with Crippen LogP contribution >= 0.6 is 0 Å². The van der Waals surface area contributed by atoms with Crippen LogP contribution in [0, 0.1) is 5.41 Å². The molecule has 0 saturated carbocycles. The first-order chi connectivity index (χ1) is 11.3. The van der Waals surface area contributed by atoms with E-state index in [2.05, 4.69) is 20.6 Å². The average molecular weight is 326 g/mol. The molecule has 0 aliphatic rings. The molecule has 2 heterocycles. The summed E-state index contributed by atoms with van der Waals surface area (Å²) in [6.45, 7) is 8.05. The van der Waals surface area contributed by atoms with Gasteiger partial charge in [-0.15, -0.1) is 0 Å². The van der Waals surface area contributed by atoms with Crippen LogP contribution in [0.2, 0.25) is 0 Å². The molecule has 2 rings (SSSR count). The van der Waals surface area contributed by atoms with Crippen LogP contribution in [0.3, 0.4) is 0 Å². The van der Waals surface area contributed by atoms with Crippen LogP contribution in [-0.4, -0.2) is 27.8 Å². The molecule has 0 saturated heterocycles. The third-order valence-electron chi connectivity index (χ3n) is 3.83. The number of hydrogen-bond acceptors (Lipinski definition) is 4. The highest BCUT2D eigenvalue weighted by Crippen LogP contribution is 2.19. The molecule has 2 amide bonds. The summed E-state index contributed by atoms with van der Waals surface area (Å²) < 4.78 is 0. The predicted octanol–water partition coefficient (Wildman–Crippen LogP) is 2.89. The van der Waals surface area contributed by atoms with Gasteiger partial charge in [-0.3, -0.25) is 19.6 Å². The van der Waals surface area contributed by atoms with Crippen LogP contribution in [-0.2, 0) is 0 Å². The van der Waals surface area contributed by atoms with Gasteiger partial charge in [-0.2, -0.15) is 0 Å². The SMILES string of the molecule is CC(NC(=O)c1cccnc1C(=O)Nc1cccnc1)C(C)(C)C. The first-order valence-corrected chi connectivity index (χ1v) is 7.76. The fourth-order valence-corrected chi connectivity index (χ4v) is 1.89. The van der Waals surface area contributed by atoms with Gasteiger partial charge in [-0.1, -0.05) is 20.8 Å². The van der Waals surface area contributed by atoms with Crippen molar-refractivity contribution in [2.24, 2.45) is 5.41 Å². The predicted molar refractivity (Wildman–Crippen MR) is 92.8 cm³/mol. The maximum absolute atomic E-state index is 12.5. The van der Waals surface area contributed by atoms with Gasteiger partial charge in [0.15, 0.2) is 0 Å². The normalized spacial score (nSPS) is 12.3. The zero-order valence-corrected chi connectivity index (χ0v) is 14.3. The van der Waals surface area contributed by atoms with Crippen LogP contribution in [0.5, 0.6) is 0 Å². The Labute approximate surface area is 141 Å². The van der Waals surface area contributed by atoms with Crippen molar-refractivity contribution in [2.75, 3.05) is 5.32 Å². The highest BCUT2D eigenvalue weighted by Gasteiger charge is 2.25. The molecule has 2 N–H and O–H groups in total. The number of hydrogen-bond donors (Lipinski definition) is 2. The molecule has 0 bridgehead atoms. The lowest BCUT2D eigenvalue weighted by Gasteiger charge is -2.28. The standard InChI is InChI=1S/C18H22N4O2/c1-12(18(2,3)4)21-16(23)14-8-6-10-20-15(14)17(24)22-13-7-5-9-19-11-13/h5-12H,1-4H3,(H,21,23)(H,22,24). The summed E-state index contributed by atoms with van der Waals surface area (Å²) >= 11 is 0. The van der Waals surface area contributed by atoms with Crippen molar-refractivity contribution in [3.8, 4) is 0 Å². The Morgan fingerprint density at radius 3 is 2.42 bits per heavy atom. The number of aromatic nitrogens is 2. The Morgan fingerprint density at radius 1 is 1.08 bits per heavy atom. The van der Waals surface area contributed by atoms with Gasteiger partial charge in [0.25, 0.3) is 11.8 Å². The third kappa shape index (κ3) is 4.38. The molecule has 24 heavy (non-hydrogen) atoms. The number of nitrogens with zero attached hydrogens (tertiary/aromatic N) is 2. The number of amides is 2. The lowest BCUT2D eigenvalue weighted by atomic mass is 9.88. The minimum absolute atomic E-state index is 0.0561. The monoisotopic (exact) mass is 326 g/mol. The first-order valence-electron chi connectivity index (χ1n) is 7.76. The molecule has 0 radical (unpaired) electrons. The van der Waals surface area contributed by atoms with Crippen LogP contribution in [0.4, 0.5) is 5.69 Å². The van der Waals surface area contributed by atoms with Crippen LogP contribution < -0.4 is 10.6 Å². The highest BCUT2D eigenvalue weighted by atomic mass is 16.2. The van der Waals surface area contributed by atoms with E-state index in [0.717, 1.165) is 0 Å². The van der Waals surface area contributed by atoms with Gasteiger partial charge >= 0.3 is 0 Å².